The third-order valence-corrected chi connectivity index (χ3v) is 8.67. The highest BCUT2D eigenvalue weighted by Gasteiger charge is 2.40. The first kappa shape index (κ1) is 32.2. The lowest BCUT2D eigenvalue weighted by atomic mass is 9.79. The zero-order valence-corrected chi connectivity index (χ0v) is 27.0. The number of hydrogen-bond acceptors (Lipinski definition) is 2. The van der Waals surface area contributed by atoms with Crippen molar-refractivity contribution >= 4 is 11.8 Å². The Morgan fingerprint density at radius 2 is 0.542 bits per heavy atom. The monoisotopic (exact) mass is 628 g/mol. The summed E-state index contributed by atoms with van der Waals surface area (Å²) in [5, 5.41) is 0. The Morgan fingerprint density at radius 3 is 0.771 bits per heavy atom. The van der Waals surface area contributed by atoms with E-state index >= 15 is 9.59 Å². The average Bonchev–Trinajstić information content (AvgIpc) is 3.15. The molecule has 0 aliphatic carbocycles. The summed E-state index contributed by atoms with van der Waals surface area (Å²) in [5.74, 6) is -1.70. The lowest BCUT2D eigenvalue weighted by Gasteiger charge is -2.35. The summed E-state index contributed by atoms with van der Waals surface area (Å²) in [6.45, 7) is 1.69. The molecule has 0 bridgehead atoms. The molecule has 2 amide bonds. The van der Waals surface area contributed by atoms with E-state index < -0.39 is 11.8 Å². The third kappa shape index (κ3) is 8.34. The number of nitrogens with zero attached hydrogens (tertiary/aromatic N) is 2. The topological polar surface area (TPSA) is 40.6 Å². The van der Waals surface area contributed by atoms with Crippen molar-refractivity contribution in [1.29, 1.82) is 0 Å². The van der Waals surface area contributed by atoms with Crippen molar-refractivity contribution in [2.24, 2.45) is 0 Å². The molecule has 0 saturated carbocycles. The van der Waals surface area contributed by atoms with Crippen molar-refractivity contribution in [2.45, 2.75) is 38.0 Å². The van der Waals surface area contributed by atoms with Crippen LogP contribution in [0.3, 0.4) is 0 Å². The molecule has 48 heavy (non-hydrogen) atoms. The van der Waals surface area contributed by atoms with Gasteiger partial charge in [0.05, 0.1) is 11.8 Å². The fraction of sp³-hybridized carbons (Fsp3) is 0.136. The van der Waals surface area contributed by atoms with Gasteiger partial charge in [-0.05, 0) is 33.4 Å². The van der Waals surface area contributed by atoms with Gasteiger partial charge in [-0.15, -0.1) is 0 Å². The molecule has 0 N–H and O–H groups in total. The van der Waals surface area contributed by atoms with Gasteiger partial charge in [0.1, 0.15) is 0 Å². The SMILES string of the molecule is O=C([C@H](c1ccccc1)[C@@H](C(=O)N(Cc1ccccc1)Cc1ccccc1)c1ccccc1)N(Cc1ccccc1)Cc1ccccc1. The maximum Gasteiger partial charge on any atom is 0.231 e. The highest BCUT2D eigenvalue weighted by atomic mass is 16.2. The molecule has 6 aromatic carbocycles. The molecule has 0 saturated heterocycles. The zero-order chi connectivity index (χ0) is 33.0. The molecule has 0 aliphatic heterocycles. The van der Waals surface area contributed by atoms with Gasteiger partial charge in [0.15, 0.2) is 0 Å². The number of rotatable bonds is 13. The molecule has 0 aromatic heterocycles. The van der Waals surface area contributed by atoms with Crippen LogP contribution in [0.1, 0.15) is 45.2 Å². The lowest BCUT2D eigenvalue weighted by molar-refractivity contribution is -0.141. The zero-order valence-electron chi connectivity index (χ0n) is 27.0. The van der Waals surface area contributed by atoms with E-state index in [-0.39, 0.29) is 11.8 Å². The number of benzene rings is 6. The summed E-state index contributed by atoms with van der Waals surface area (Å²) in [7, 11) is 0. The summed E-state index contributed by atoms with van der Waals surface area (Å²) in [5.41, 5.74) is 5.76. The molecule has 0 heterocycles. The largest absolute Gasteiger partial charge is 0.333 e. The normalized spacial score (nSPS) is 12.1. The molecule has 0 radical (unpaired) electrons. The van der Waals surface area contributed by atoms with E-state index in [2.05, 4.69) is 0 Å². The maximum atomic E-state index is 15.3. The van der Waals surface area contributed by atoms with Crippen LogP contribution in [0.2, 0.25) is 0 Å². The Kier molecular flexibility index (Phi) is 10.9. The van der Waals surface area contributed by atoms with Gasteiger partial charge in [0, 0.05) is 26.2 Å². The van der Waals surface area contributed by atoms with Crippen LogP contribution in [0.5, 0.6) is 0 Å². The van der Waals surface area contributed by atoms with E-state index in [1.54, 1.807) is 0 Å². The summed E-state index contributed by atoms with van der Waals surface area (Å²) in [6, 6.07) is 59.9. The molecular weight excluding hydrogens is 588 g/mol. The summed E-state index contributed by atoms with van der Waals surface area (Å²) in [6.07, 6.45) is 0. The van der Waals surface area contributed by atoms with E-state index in [1.165, 1.54) is 0 Å². The van der Waals surface area contributed by atoms with Crippen LogP contribution < -0.4 is 0 Å². The first-order valence-electron chi connectivity index (χ1n) is 16.5. The second-order valence-corrected chi connectivity index (χ2v) is 12.1. The van der Waals surface area contributed by atoms with Gasteiger partial charge in [-0.3, -0.25) is 9.59 Å². The van der Waals surface area contributed by atoms with Crippen molar-refractivity contribution < 1.29 is 9.59 Å². The van der Waals surface area contributed by atoms with Crippen LogP contribution in [0.25, 0.3) is 0 Å². The van der Waals surface area contributed by atoms with Gasteiger partial charge < -0.3 is 9.80 Å². The van der Waals surface area contributed by atoms with E-state index in [4.69, 9.17) is 0 Å². The number of amides is 2. The molecule has 238 valence electrons. The molecule has 4 heteroatoms. The second kappa shape index (κ2) is 16.2. The van der Waals surface area contributed by atoms with Gasteiger partial charge in [-0.1, -0.05) is 182 Å². The molecule has 0 fully saturated rings. The van der Waals surface area contributed by atoms with Crippen LogP contribution in [-0.2, 0) is 35.8 Å². The minimum Gasteiger partial charge on any atom is -0.333 e. The quantitative estimate of drug-likeness (QED) is 0.128. The Balaban J connectivity index is 1.46. The Bertz CT molecular complexity index is 1630. The Hall–Kier alpha value is -5.74. The summed E-state index contributed by atoms with van der Waals surface area (Å²) >= 11 is 0. The van der Waals surface area contributed by atoms with E-state index in [0.29, 0.717) is 26.2 Å². The first-order valence-corrected chi connectivity index (χ1v) is 16.5. The van der Waals surface area contributed by atoms with Crippen LogP contribution >= 0.6 is 0 Å². The predicted molar refractivity (Wildman–Crippen MR) is 193 cm³/mol. The first-order chi connectivity index (χ1) is 23.7. The van der Waals surface area contributed by atoms with Crippen molar-refractivity contribution in [1.82, 2.24) is 9.80 Å². The molecular formula is C44H40N2O2. The predicted octanol–water partition coefficient (Wildman–Crippen LogP) is 9.01. The van der Waals surface area contributed by atoms with Crippen molar-refractivity contribution in [2.75, 3.05) is 0 Å². The molecule has 0 unspecified atom stereocenters. The van der Waals surface area contributed by atoms with Crippen molar-refractivity contribution in [3.63, 3.8) is 0 Å². The van der Waals surface area contributed by atoms with Gasteiger partial charge >= 0.3 is 0 Å². The van der Waals surface area contributed by atoms with Gasteiger partial charge in [-0.25, -0.2) is 0 Å². The smallest absolute Gasteiger partial charge is 0.231 e. The highest BCUT2D eigenvalue weighted by molar-refractivity contribution is 5.95. The van der Waals surface area contributed by atoms with E-state index in [1.807, 2.05) is 192 Å². The van der Waals surface area contributed by atoms with Crippen molar-refractivity contribution in [3.05, 3.63) is 215 Å². The number of carbonyl (C=O) groups is 2. The van der Waals surface area contributed by atoms with Gasteiger partial charge in [-0.2, -0.15) is 0 Å². The number of hydrogen-bond donors (Lipinski definition) is 0. The standard InChI is InChI=1S/C44H40N2O2/c47-43(45(31-35-19-7-1-8-20-35)32-36-21-9-2-10-22-36)41(39-27-15-5-16-28-39)42(40-29-17-6-18-30-40)44(48)46(33-37-23-11-3-12-24-37)34-38-25-13-4-14-26-38/h1-30,41-42H,31-34H2/t41-,42+. The lowest BCUT2D eigenvalue weighted by Crippen LogP contribution is -2.42. The highest BCUT2D eigenvalue weighted by Crippen LogP contribution is 2.38. The van der Waals surface area contributed by atoms with Gasteiger partial charge in [0.25, 0.3) is 0 Å². The summed E-state index contributed by atoms with van der Waals surface area (Å²) < 4.78 is 0. The molecule has 2 atom stereocenters. The Labute approximate surface area is 283 Å². The average molecular weight is 629 g/mol. The van der Waals surface area contributed by atoms with E-state index in [0.717, 1.165) is 33.4 Å². The van der Waals surface area contributed by atoms with Gasteiger partial charge in [0.2, 0.25) is 11.8 Å². The third-order valence-electron chi connectivity index (χ3n) is 8.67. The molecule has 0 spiro atoms. The molecule has 0 aliphatic rings. The molecule has 6 aromatic rings. The minimum atomic E-state index is -0.762. The Morgan fingerprint density at radius 1 is 0.333 bits per heavy atom. The molecule has 6 rings (SSSR count). The van der Waals surface area contributed by atoms with Crippen LogP contribution in [0, 0.1) is 0 Å². The second-order valence-electron chi connectivity index (χ2n) is 12.1. The van der Waals surface area contributed by atoms with Crippen LogP contribution in [0.15, 0.2) is 182 Å². The fourth-order valence-electron chi connectivity index (χ4n) is 6.31. The maximum absolute atomic E-state index is 15.3. The van der Waals surface area contributed by atoms with Crippen LogP contribution in [0.4, 0.5) is 0 Å². The fourth-order valence-corrected chi connectivity index (χ4v) is 6.31. The van der Waals surface area contributed by atoms with Crippen molar-refractivity contribution in [3.8, 4) is 0 Å². The minimum absolute atomic E-state index is 0.0875. The summed E-state index contributed by atoms with van der Waals surface area (Å²) in [4.78, 5) is 34.3. The van der Waals surface area contributed by atoms with E-state index in [9.17, 15) is 0 Å². The van der Waals surface area contributed by atoms with Crippen LogP contribution in [-0.4, -0.2) is 21.6 Å². The molecule has 4 nitrogen and oxygen atoms in total. The number of carbonyl (C=O) groups excluding carboxylic acids is 2.